The molecule has 0 radical (unpaired) electrons. The van der Waals surface area contributed by atoms with E-state index in [2.05, 4.69) is 10.6 Å². The van der Waals surface area contributed by atoms with E-state index in [4.69, 9.17) is 4.74 Å². The first-order chi connectivity index (χ1) is 15.7. The first-order valence-electron chi connectivity index (χ1n) is 11.8. The van der Waals surface area contributed by atoms with Crippen molar-refractivity contribution in [1.82, 2.24) is 15.5 Å². The van der Waals surface area contributed by atoms with Crippen LogP contribution in [-0.4, -0.2) is 61.5 Å². The van der Waals surface area contributed by atoms with Gasteiger partial charge >= 0.3 is 5.97 Å². The van der Waals surface area contributed by atoms with Crippen LogP contribution in [0.3, 0.4) is 0 Å². The predicted molar refractivity (Wildman–Crippen MR) is 136 cm³/mol. The van der Waals surface area contributed by atoms with E-state index in [1.807, 2.05) is 71.9 Å². The van der Waals surface area contributed by atoms with Gasteiger partial charge in [0.2, 0.25) is 11.8 Å². The highest BCUT2D eigenvalue weighted by Crippen LogP contribution is 2.28. The molecule has 3 atom stereocenters. The summed E-state index contributed by atoms with van der Waals surface area (Å²) in [5, 5.41) is 6.15. The smallest absolute Gasteiger partial charge is 0.333 e. The van der Waals surface area contributed by atoms with Crippen LogP contribution < -0.4 is 10.6 Å². The third-order valence-electron chi connectivity index (χ3n) is 6.24. The number of amides is 2. The SMILES string of the molecule is CCOC(=O)/C(C)=C/[C@H](C)N(C)C(=O)[C@@H](NC(=O)[C@@H](NC)C(C)(C)c1ccccc1)C(C)(C)C. The Morgan fingerprint density at radius 2 is 1.62 bits per heavy atom. The quantitative estimate of drug-likeness (QED) is 0.402. The van der Waals surface area contributed by atoms with E-state index < -0.39 is 28.9 Å². The van der Waals surface area contributed by atoms with Crippen molar-refractivity contribution >= 4 is 17.8 Å². The van der Waals surface area contributed by atoms with Crippen molar-refractivity contribution in [3.63, 3.8) is 0 Å². The maximum atomic E-state index is 13.5. The minimum atomic E-state index is -0.758. The lowest BCUT2D eigenvalue weighted by molar-refractivity contribution is -0.140. The first-order valence-corrected chi connectivity index (χ1v) is 11.8. The second-order valence-corrected chi connectivity index (χ2v) is 10.4. The number of benzene rings is 1. The van der Waals surface area contributed by atoms with Crippen LogP contribution in [0.1, 0.15) is 61.0 Å². The molecule has 0 saturated carbocycles. The van der Waals surface area contributed by atoms with Crippen molar-refractivity contribution < 1.29 is 19.1 Å². The number of hydrogen-bond acceptors (Lipinski definition) is 5. The van der Waals surface area contributed by atoms with Gasteiger partial charge in [-0.1, -0.05) is 71.0 Å². The second-order valence-electron chi connectivity index (χ2n) is 10.4. The van der Waals surface area contributed by atoms with E-state index in [1.54, 1.807) is 38.9 Å². The molecular formula is C27H43N3O4. The van der Waals surface area contributed by atoms with Crippen molar-refractivity contribution in [2.75, 3.05) is 20.7 Å². The molecule has 0 fully saturated rings. The Balaban J connectivity index is 3.15. The zero-order chi connectivity index (χ0) is 26.3. The summed E-state index contributed by atoms with van der Waals surface area (Å²) in [4.78, 5) is 40.5. The van der Waals surface area contributed by atoms with Gasteiger partial charge in [0.05, 0.1) is 12.6 Å². The molecular weight excluding hydrogens is 430 g/mol. The molecule has 0 aliphatic carbocycles. The number of ether oxygens (including phenoxy) is 1. The molecule has 7 nitrogen and oxygen atoms in total. The molecule has 0 spiro atoms. The summed E-state index contributed by atoms with van der Waals surface area (Å²) in [5.41, 5.74) is 0.415. The van der Waals surface area contributed by atoms with Crippen LogP contribution in [0.5, 0.6) is 0 Å². The predicted octanol–water partition coefficient (Wildman–Crippen LogP) is 3.44. The van der Waals surface area contributed by atoms with Gasteiger partial charge in [-0.25, -0.2) is 4.79 Å². The number of likely N-dealkylation sites (N-methyl/N-ethyl adjacent to an activating group) is 2. The number of hydrogen-bond donors (Lipinski definition) is 2. The van der Waals surface area contributed by atoms with Gasteiger partial charge in [-0.2, -0.15) is 0 Å². The summed E-state index contributed by atoms with van der Waals surface area (Å²) in [6.07, 6.45) is 1.70. The zero-order valence-corrected chi connectivity index (χ0v) is 22.5. The fourth-order valence-corrected chi connectivity index (χ4v) is 3.92. The molecule has 0 aliphatic rings. The summed E-state index contributed by atoms with van der Waals surface area (Å²) in [6, 6.07) is 8.16. The van der Waals surface area contributed by atoms with Gasteiger partial charge in [-0.15, -0.1) is 0 Å². The van der Waals surface area contributed by atoms with Gasteiger partial charge in [-0.3, -0.25) is 9.59 Å². The van der Waals surface area contributed by atoms with Gasteiger partial charge in [0.15, 0.2) is 0 Å². The molecule has 0 bridgehead atoms. The minimum absolute atomic E-state index is 0.228. The van der Waals surface area contributed by atoms with Gasteiger partial charge in [-0.05, 0) is 38.8 Å². The molecule has 0 aliphatic heterocycles. The second kappa shape index (κ2) is 12.2. The number of esters is 1. The number of carbonyl (C=O) groups is 3. The average molecular weight is 474 g/mol. The monoisotopic (exact) mass is 473 g/mol. The van der Waals surface area contributed by atoms with Crippen molar-refractivity contribution in [2.24, 2.45) is 5.41 Å². The Labute approximate surface area is 205 Å². The fourth-order valence-electron chi connectivity index (χ4n) is 3.92. The van der Waals surface area contributed by atoms with E-state index in [-0.39, 0.29) is 24.5 Å². The van der Waals surface area contributed by atoms with Crippen LogP contribution >= 0.6 is 0 Å². The van der Waals surface area contributed by atoms with Crippen LogP contribution in [0.15, 0.2) is 42.0 Å². The van der Waals surface area contributed by atoms with Crippen LogP contribution in [0.4, 0.5) is 0 Å². The Bertz CT molecular complexity index is 872. The van der Waals surface area contributed by atoms with Crippen LogP contribution in [0, 0.1) is 5.41 Å². The Morgan fingerprint density at radius 3 is 2.09 bits per heavy atom. The third kappa shape index (κ3) is 7.42. The average Bonchev–Trinajstić information content (AvgIpc) is 2.76. The van der Waals surface area contributed by atoms with Crippen molar-refractivity contribution in [3.8, 4) is 0 Å². The molecule has 190 valence electrons. The normalized spacial score (nSPS) is 15.2. The Hall–Kier alpha value is -2.67. The van der Waals surface area contributed by atoms with Crippen LogP contribution in [-0.2, 0) is 24.5 Å². The molecule has 0 unspecified atom stereocenters. The molecule has 0 saturated heterocycles. The molecule has 7 heteroatoms. The fraction of sp³-hybridized carbons (Fsp3) is 0.593. The van der Waals surface area contributed by atoms with Gasteiger partial charge in [0.1, 0.15) is 6.04 Å². The van der Waals surface area contributed by atoms with Crippen LogP contribution in [0.25, 0.3) is 0 Å². The van der Waals surface area contributed by atoms with Gasteiger partial charge < -0.3 is 20.3 Å². The third-order valence-corrected chi connectivity index (χ3v) is 6.24. The highest BCUT2D eigenvalue weighted by Gasteiger charge is 2.41. The first kappa shape index (κ1) is 29.4. The standard InChI is InChI=1S/C27H43N3O4/c1-11-34-25(33)18(2)17-19(3)30(10)24(32)22(26(4,5)6)29-23(31)21(28-9)27(7,8)20-15-13-12-14-16-20/h12-17,19,21-22,28H,11H2,1-10H3,(H,29,31)/b18-17+/t19-,21+,22+/m0/s1. The Kier molecular flexibility index (Phi) is 10.5. The van der Waals surface area contributed by atoms with Crippen LogP contribution in [0.2, 0.25) is 0 Å². The summed E-state index contributed by atoms with van der Waals surface area (Å²) in [5.74, 6) is -0.881. The lowest BCUT2D eigenvalue weighted by atomic mass is 9.76. The minimum Gasteiger partial charge on any atom is -0.463 e. The largest absolute Gasteiger partial charge is 0.463 e. The van der Waals surface area contributed by atoms with E-state index in [0.717, 1.165) is 5.56 Å². The van der Waals surface area contributed by atoms with Crippen molar-refractivity contribution in [3.05, 3.63) is 47.5 Å². The molecule has 1 aromatic carbocycles. The van der Waals surface area contributed by atoms with E-state index in [9.17, 15) is 14.4 Å². The zero-order valence-electron chi connectivity index (χ0n) is 22.5. The van der Waals surface area contributed by atoms with Gasteiger partial charge in [0, 0.05) is 24.1 Å². The maximum absolute atomic E-state index is 13.5. The summed E-state index contributed by atoms with van der Waals surface area (Å²) >= 11 is 0. The molecule has 1 rings (SSSR count). The number of carbonyl (C=O) groups excluding carboxylic acids is 3. The van der Waals surface area contributed by atoms with E-state index in [0.29, 0.717) is 5.57 Å². The lowest BCUT2D eigenvalue weighted by Gasteiger charge is -2.38. The highest BCUT2D eigenvalue weighted by molar-refractivity contribution is 5.92. The molecule has 1 aromatic rings. The summed E-state index contributed by atoms with van der Waals surface area (Å²) in [7, 11) is 3.43. The lowest BCUT2D eigenvalue weighted by Crippen LogP contribution is -2.61. The number of nitrogens with zero attached hydrogens (tertiary/aromatic N) is 1. The Morgan fingerprint density at radius 1 is 1.06 bits per heavy atom. The van der Waals surface area contributed by atoms with E-state index in [1.165, 1.54) is 0 Å². The molecule has 2 N–H and O–H groups in total. The van der Waals surface area contributed by atoms with Crippen molar-refractivity contribution in [1.29, 1.82) is 0 Å². The maximum Gasteiger partial charge on any atom is 0.333 e. The summed E-state index contributed by atoms with van der Waals surface area (Å²) in [6.45, 7) is 15.3. The summed E-state index contributed by atoms with van der Waals surface area (Å²) < 4.78 is 5.03. The highest BCUT2D eigenvalue weighted by atomic mass is 16.5. The van der Waals surface area contributed by atoms with Crippen molar-refractivity contribution in [2.45, 2.75) is 78.9 Å². The number of rotatable bonds is 10. The molecule has 0 heterocycles. The molecule has 2 amide bonds. The topological polar surface area (TPSA) is 87.7 Å². The molecule has 0 aromatic heterocycles. The number of nitrogens with one attached hydrogen (secondary N) is 2. The van der Waals surface area contributed by atoms with E-state index >= 15 is 0 Å². The van der Waals surface area contributed by atoms with Gasteiger partial charge in [0.25, 0.3) is 0 Å². The molecule has 34 heavy (non-hydrogen) atoms.